The van der Waals surface area contributed by atoms with Gasteiger partial charge >= 0.3 is 0 Å². The Hall–Kier alpha value is -1.76. The maximum Gasteiger partial charge on any atom is 0.0412 e. The SMILES string of the molecule is C1=CC2=Cc3ccccc3C=CN2C1. The summed E-state index contributed by atoms with van der Waals surface area (Å²) in [5, 5.41) is 0. The van der Waals surface area contributed by atoms with Gasteiger partial charge in [-0.3, -0.25) is 0 Å². The van der Waals surface area contributed by atoms with Gasteiger partial charge in [0.2, 0.25) is 0 Å². The summed E-state index contributed by atoms with van der Waals surface area (Å²) < 4.78 is 0. The van der Waals surface area contributed by atoms with E-state index in [0.29, 0.717) is 0 Å². The van der Waals surface area contributed by atoms with Crippen LogP contribution in [0.15, 0.2) is 48.3 Å². The molecule has 0 bridgehead atoms. The van der Waals surface area contributed by atoms with Crippen LogP contribution in [-0.4, -0.2) is 11.4 Å². The molecular formula is C13H11N. The summed E-state index contributed by atoms with van der Waals surface area (Å²) in [6.45, 7) is 0.996. The Morgan fingerprint density at radius 3 is 2.79 bits per heavy atom. The molecular weight excluding hydrogens is 170 g/mol. The zero-order valence-electron chi connectivity index (χ0n) is 7.85. The van der Waals surface area contributed by atoms with Gasteiger partial charge in [-0.2, -0.15) is 0 Å². The van der Waals surface area contributed by atoms with Gasteiger partial charge in [0.05, 0.1) is 0 Å². The first-order valence-corrected chi connectivity index (χ1v) is 4.85. The van der Waals surface area contributed by atoms with Crippen LogP contribution in [0.2, 0.25) is 0 Å². The predicted octanol–water partition coefficient (Wildman–Crippen LogP) is 2.88. The fourth-order valence-electron chi connectivity index (χ4n) is 1.89. The van der Waals surface area contributed by atoms with Crippen LogP contribution >= 0.6 is 0 Å². The van der Waals surface area contributed by atoms with Crippen LogP contribution < -0.4 is 0 Å². The first-order valence-electron chi connectivity index (χ1n) is 4.85. The predicted molar refractivity (Wildman–Crippen MR) is 59.3 cm³/mol. The Bertz CT molecular complexity index is 452. The molecule has 1 heteroatoms. The highest BCUT2D eigenvalue weighted by Gasteiger charge is 2.11. The average molecular weight is 181 g/mol. The number of hydrogen-bond acceptors (Lipinski definition) is 1. The Morgan fingerprint density at radius 2 is 1.86 bits per heavy atom. The summed E-state index contributed by atoms with van der Waals surface area (Å²) in [6.07, 6.45) is 10.9. The molecule has 0 atom stereocenters. The third-order valence-electron chi connectivity index (χ3n) is 2.66. The first-order chi connectivity index (χ1) is 6.93. The van der Waals surface area contributed by atoms with Gasteiger partial charge in [-0.05, 0) is 29.4 Å². The summed E-state index contributed by atoms with van der Waals surface area (Å²) in [4.78, 5) is 2.25. The molecule has 0 N–H and O–H groups in total. The van der Waals surface area contributed by atoms with E-state index in [1.165, 1.54) is 16.8 Å². The van der Waals surface area contributed by atoms with Gasteiger partial charge in [-0.15, -0.1) is 0 Å². The highest BCUT2D eigenvalue weighted by Crippen LogP contribution is 2.24. The first kappa shape index (κ1) is 7.63. The Morgan fingerprint density at radius 1 is 1.00 bits per heavy atom. The quantitative estimate of drug-likeness (QED) is 0.595. The van der Waals surface area contributed by atoms with E-state index in [2.05, 4.69) is 59.7 Å². The van der Waals surface area contributed by atoms with E-state index in [9.17, 15) is 0 Å². The molecule has 0 saturated heterocycles. The van der Waals surface area contributed by atoms with E-state index in [1.54, 1.807) is 0 Å². The molecule has 0 aromatic heterocycles. The standard InChI is InChI=1S/C13H11N/c1-2-5-12-10-13-6-3-8-14(13)9-7-11(12)4-1/h1-7,9-10H,8H2. The molecule has 1 aromatic rings. The van der Waals surface area contributed by atoms with Gasteiger partial charge in [0.25, 0.3) is 0 Å². The Kier molecular flexibility index (Phi) is 1.57. The Labute approximate surface area is 83.7 Å². The monoisotopic (exact) mass is 181 g/mol. The summed E-state index contributed by atoms with van der Waals surface area (Å²) in [5.41, 5.74) is 3.88. The van der Waals surface area contributed by atoms with E-state index in [0.717, 1.165) is 6.54 Å². The molecule has 0 saturated carbocycles. The van der Waals surface area contributed by atoms with Crippen LogP contribution in [0.1, 0.15) is 11.1 Å². The topological polar surface area (TPSA) is 3.24 Å². The van der Waals surface area contributed by atoms with Crippen molar-refractivity contribution < 1.29 is 0 Å². The fourth-order valence-corrected chi connectivity index (χ4v) is 1.89. The van der Waals surface area contributed by atoms with Gasteiger partial charge in [0.1, 0.15) is 0 Å². The molecule has 2 heterocycles. The summed E-state index contributed by atoms with van der Waals surface area (Å²) in [6, 6.07) is 8.46. The van der Waals surface area contributed by atoms with Crippen molar-refractivity contribution in [1.29, 1.82) is 0 Å². The van der Waals surface area contributed by atoms with Gasteiger partial charge in [0, 0.05) is 18.4 Å². The maximum atomic E-state index is 2.25. The van der Waals surface area contributed by atoms with Crippen molar-refractivity contribution in [2.75, 3.05) is 6.54 Å². The zero-order chi connectivity index (χ0) is 9.38. The molecule has 0 fully saturated rings. The van der Waals surface area contributed by atoms with Gasteiger partial charge < -0.3 is 4.90 Å². The van der Waals surface area contributed by atoms with Crippen molar-refractivity contribution in [2.24, 2.45) is 0 Å². The smallest absolute Gasteiger partial charge is 0.0412 e. The molecule has 2 aliphatic heterocycles. The minimum absolute atomic E-state index is 0.996. The van der Waals surface area contributed by atoms with E-state index >= 15 is 0 Å². The molecule has 1 nitrogen and oxygen atoms in total. The Balaban J connectivity index is 2.19. The number of allylic oxidation sites excluding steroid dienone is 1. The molecule has 0 spiro atoms. The van der Waals surface area contributed by atoms with Crippen LogP contribution in [0.25, 0.3) is 12.2 Å². The number of hydrogen-bond donors (Lipinski definition) is 0. The molecule has 2 aliphatic rings. The third kappa shape index (κ3) is 1.10. The average Bonchev–Trinajstić information content (AvgIpc) is 2.58. The van der Waals surface area contributed by atoms with Crippen LogP contribution in [-0.2, 0) is 0 Å². The lowest BCUT2D eigenvalue weighted by molar-refractivity contribution is 0.565. The molecule has 1 aromatic carbocycles. The summed E-state index contributed by atoms with van der Waals surface area (Å²) in [7, 11) is 0. The molecule has 0 aliphatic carbocycles. The van der Waals surface area contributed by atoms with E-state index in [-0.39, 0.29) is 0 Å². The lowest BCUT2D eigenvalue weighted by atomic mass is 10.1. The minimum atomic E-state index is 0.996. The third-order valence-corrected chi connectivity index (χ3v) is 2.66. The van der Waals surface area contributed by atoms with Crippen LogP contribution in [0, 0.1) is 0 Å². The van der Waals surface area contributed by atoms with Crippen molar-refractivity contribution >= 4 is 12.2 Å². The minimum Gasteiger partial charge on any atom is -0.344 e. The lowest BCUT2D eigenvalue weighted by Crippen LogP contribution is -2.08. The van der Waals surface area contributed by atoms with Crippen molar-refractivity contribution in [3.8, 4) is 0 Å². The second kappa shape index (κ2) is 2.88. The highest BCUT2D eigenvalue weighted by molar-refractivity contribution is 5.70. The van der Waals surface area contributed by atoms with E-state index in [1.807, 2.05) is 0 Å². The van der Waals surface area contributed by atoms with Gasteiger partial charge in [0.15, 0.2) is 0 Å². The van der Waals surface area contributed by atoms with Crippen LogP contribution in [0.3, 0.4) is 0 Å². The van der Waals surface area contributed by atoms with Crippen LogP contribution in [0.4, 0.5) is 0 Å². The normalized spacial score (nSPS) is 17.4. The fraction of sp³-hybridized carbons (Fsp3) is 0.0769. The molecule has 3 rings (SSSR count). The lowest BCUT2D eigenvalue weighted by Gasteiger charge is -2.12. The van der Waals surface area contributed by atoms with Gasteiger partial charge in [-0.25, -0.2) is 0 Å². The van der Waals surface area contributed by atoms with Gasteiger partial charge in [-0.1, -0.05) is 30.3 Å². The maximum absolute atomic E-state index is 2.25. The van der Waals surface area contributed by atoms with E-state index < -0.39 is 0 Å². The molecule has 14 heavy (non-hydrogen) atoms. The second-order valence-corrected chi connectivity index (χ2v) is 3.57. The van der Waals surface area contributed by atoms with Crippen molar-refractivity contribution in [1.82, 2.24) is 4.90 Å². The van der Waals surface area contributed by atoms with Crippen molar-refractivity contribution in [3.05, 3.63) is 59.4 Å². The summed E-state index contributed by atoms with van der Waals surface area (Å²) in [5.74, 6) is 0. The number of benzene rings is 1. The second-order valence-electron chi connectivity index (χ2n) is 3.57. The summed E-state index contributed by atoms with van der Waals surface area (Å²) >= 11 is 0. The largest absolute Gasteiger partial charge is 0.344 e. The molecule has 0 amide bonds. The van der Waals surface area contributed by atoms with Crippen molar-refractivity contribution in [3.63, 3.8) is 0 Å². The van der Waals surface area contributed by atoms with Crippen LogP contribution in [0.5, 0.6) is 0 Å². The highest BCUT2D eigenvalue weighted by atomic mass is 15.1. The number of fused-ring (bicyclic) bond motifs is 2. The molecule has 0 radical (unpaired) electrons. The van der Waals surface area contributed by atoms with Crippen molar-refractivity contribution in [2.45, 2.75) is 0 Å². The molecule has 68 valence electrons. The zero-order valence-corrected chi connectivity index (χ0v) is 7.85. The molecule has 0 unspecified atom stereocenters. The number of nitrogens with zero attached hydrogens (tertiary/aromatic N) is 1. The van der Waals surface area contributed by atoms with E-state index in [4.69, 9.17) is 0 Å². The number of rotatable bonds is 0.